The third kappa shape index (κ3) is 2.35. The number of amides is 1. The van der Waals surface area contributed by atoms with Gasteiger partial charge in [0.1, 0.15) is 5.82 Å². The van der Waals surface area contributed by atoms with Crippen molar-refractivity contribution < 1.29 is 14.3 Å². The van der Waals surface area contributed by atoms with Crippen LogP contribution in [0.1, 0.15) is 16.1 Å². The topological polar surface area (TPSA) is 60.5 Å². The second-order valence-corrected chi connectivity index (χ2v) is 4.19. The Morgan fingerprint density at radius 3 is 2.89 bits per heavy atom. The lowest BCUT2D eigenvalue weighted by Crippen LogP contribution is -2.13. The number of hydrogen-bond donors (Lipinski definition) is 1. The minimum Gasteiger partial charge on any atom is -0.454 e. The van der Waals surface area contributed by atoms with Crippen LogP contribution in [0.4, 0.5) is 5.82 Å². The third-order valence-electron chi connectivity index (χ3n) is 2.76. The van der Waals surface area contributed by atoms with Gasteiger partial charge in [-0.2, -0.15) is 0 Å². The second kappa shape index (κ2) is 4.61. The zero-order valence-corrected chi connectivity index (χ0v) is 10.3. The van der Waals surface area contributed by atoms with Crippen molar-refractivity contribution in [3.8, 4) is 11.5 Å². The van der Waals surface area contributed by atoms with Gasteiger partial charge in [0.05, 0.1) is 0 Å². The van der Waals surface area contributed by atoms with Crippen molar-refractivity contribution in [3.63, 3.8) is 0 Å². The monoisotopic (exact) mass is 256 g/mol. The van der Waals surface area contributed by atoms with E-state index >= 15 is 0 Å². The van der Waals surface area contributed by atoms with Gasteiger partial charge >= 0.3 is 0 Å². The van der Waals surface area contributed by atoms with Crippen LogP contribution in [0.3, 0.4) is 0 Å². The quantitative estimate of drug-likeness (QED) is 0.896. The molecule has 0 saturated heterocycles. The number of hydrogen-bond acceptors (Lipinski definition) is 4. The van der Waals surface area contributed by atoms with Crippen molar-refractivity contribution >= 4 is 11.7 Å². The van der Waals surface area contributed by atoms with Crippen molar-refractivity contribution in [2.75, 3.05) is 12.1 Å². The highest BCUT2D eigenvalue weighted by Gasteiger charge is 2.16. The maximum absolute atomic E-state index is 12.1. The first kappa shape index (κ1) is 11.5. The average molecular weight is 256 g/mol. The van der Waals surface area contributed by atoms with E-state index in [4.69, 9.17) is 9.47 Å². The number of aromatic nitrogens is 1. The molecule has 96 valence electrons. The highest BCUT2D eigenvalue weighted by molar-refractivity contribution is 6.04. The molecule has 3 rings (SSSR count). The summed E-state index contributed by atoms with van der Waals surface area (Å²) in [6, 6.07) is 10.5. The van der Waals surface area contributed by atoms with Gasteiger partial charge in [0.25, 0.3) is 5.91 Å². The smallest absolute Gasteiger partial charge is 0.256 e. The molecular formula is C14H12N2O3. The predicted molar refractivity (Wildman–Crippen MR) is 69.5 cm³/mol. The number of anilines is 1. The largest absolute Gasteiger partial charge is 0.454 e. The number of nitrogens with one attached hydrogen (secondary N) is 1. The van der Waals surface area contributed by atoms with Crippen LogP contribution < -0.4 is 14.8 Å². The van der Waals surface area contributed by atoms with Gasteiger partial charge in [-0.15, -0.1) is 0 Å². The van der Waals surface area contributed by atoms with Gasteiger partial charge in [-0.1, -0.05) is 6.07 Å². The molecule has 5 nitrogen and oxygen atoms in total. The SMILES string of the molecule is Cc1cccc(NC(=O)c2ccc3c(c2)OCO3)n1. The molecule has 1 amide bonds. The van der Waals surface area contributed by atoms with E-state index in [0.717, 1.165) is 5.69 Å². The molecule has 1 aromatic heterocycles. The van der Waals surface area contributed by atoms with E-state index in [1.165, 1.54) is 0 Å². The Bertz CT molecular complexity index is 640. The van der Waals surface area contributed by atoms with E-state index in [9.17, 15) is 4.79 Å². The lowest BCUT2D eigenvalue weighted by Gasteiger charge is -2.05. The molecule has 2 aromatic rings. The summed E-state index contributed by atoms with van der Waals surface area (Å²) in [6.07, 6.45) is 0. The van der Waals surface area contributed by atoms with E-state index in [1.54, 1.807) is 24.3 Å². The summed E-state index contributed by atoms with van der Waals surface area (Å²) in [5, 5.41) is 2.74. The predicted octanol–water partition coefficient (Wildman–Crippen LogP) is 2.37. The number of ether oxygens (including phenoxy) is 2. The summed E-state index contributed by atoms with van der Waals surface area (Å²) in [7, 11) is 0. The van der Waals surface area contributed by atoms with Gasteiger partial charge in [0.2, 0.25) is 6.79 Å². The van der Waals surface area contributed by atoms with Crippen molar-refractivity contribution in [1.29, 1.82) is 0 Å². The number of pyridine rings is 1. The molecule has 19 heavy (non-hydrogen) atoms. The normalized spacial score (nSPS) is 12.3. The molecule has 0 saturated carbocycles. The van der Waals surface area contributed by atoms with Crippen molar-refractivity contribution in [2.45, 2.75) is 6.92 Å². The molecular weight excluding hydrogens is 244 g/mol. The first-order valence-corrected chi connectivity index (χ1v) is 5.87. The van der Waals surface area contributed by atoms with Gasteiger partial charge in [-0.25, -0.2) is 4.98 Å². The summed E-state index contributed by atoms with van der Waals surface area (Å²) in [5.41, 5.74) is 1.36. The van der Waals surface area contributed by atoms with Crippen molar-refractivity contribution in [3.05, 3.63) is 47.7 Å². The maximum Gasteiger partial charge on any atom is 0.256 e. The Balaban J connectivity index is 1.81. The zero-order chi connectivity index (χ0) is 13.2. The first-order chi connectivity index (χ1) is 9.22. The standard InChI is InChI=1S/C14H12N2O3/c1-9-3-2-4-13(15-9)16-14(17)10-5-6-11-12(7-10)19-8-18-11/h2-7H,8H2,1H3,(H,15,16,17). The highest BCUT2D eigenvalue weighted by Crippen LogP contribution is 2.32. The van der Waals surface area contributed by atoms with Gasteiger partial charge in [0.15, 0.2) is 11.5 Å². The van der Waals surface area contributed by atoms with Crippen LogP contribution in [-0.4, -0.2) is 17.7 Å². The second-order valence-electron chi connectivity index (χ2n) is 4.19. The maximum atomic E-state index is 12.1. The highest BCUT2D eigenvalue weighted by atomic mass is 16.7. The average Bonchev–Trinajstić information content (AvgIpc) is 2.85. The van der Waals surface area contributed by atoms with E-state index in [0.29, 0.717) is 22.9 Å². The van der Waals surface area contributed by atoms with E-state index in [-0.39, 0.29) is 12.7 Å². The molecule has 0 aliphatic carbocycles. The molecule has 1 aromatic carbocycles. The van der Waals surface area contributed by atoms with Gasteiger partial charge in [0, 0.05) is 11.3 Å². The third-order valence-corrected chi connectivity index (χ3v) is 2.76. The summed E-state index contributed by atoms with van der Waals surface area (Å²) >= 11 is 0. The number of carbonyl (C=O) groups is 1. The van der Waals surface area contributed by atoms with Crippen LogP contribution in [-0.2, 0) is 0 Å². The molecule has 1 aliphatic heterocycles. The van der Waals surface area contributed by atoms with E-state index in [1.807, 2.05) is 19.1 Å². The summed E-state index contributed by atoms with van der Waals surface area (Å²) in [4.78, 5) is 16.3. The van der Waals surface area contributed by atoms with Crippen molar-refractivity contribution in [1.82, 2.24) is 4.98 Å². The zero-order valence-electron chi connectivity index (χ0n) is 10.3. The number of rotatable bonds is 2. The molecule has 0 unspecified atom stereocenters. The Morgan fingerprint density at radius 2 is 2.05 bits per heavy atom. The molecule has 0 radical (unpaired) electrons. The number of fused-ring (bicyclic) bond motifs is 1. The minimum atomic E-state index is -0.226. The molecule has 0 atom stereocenters. The molecule has 0 fully saturated rings. The molecule has 0 bridgehead atoms. The number of benzene rings is 1. The molecule has 1 N–H and O–H groups in total. The van der Waals surface area contributed by atoms with Gasteiger partial charge in [-0.3, -0.25) is 4.79 Å². The lowest BCUT2D eigenvalue weighted by atomic mass is 10.2. The van der Waals surface area contributed by atoms with E-state index < -0.39 is 0 Å². The molecule has 1 aliphatic rings. The van der Waals surface area contributed by atoms with Crippen LogP contribution >= 0.6 is 0 Å². The van der Waals surface area contributed by atoms with E-state index in [2.05, 4.69) is 10.3 Å². The van der Waals surface area contributed by atoms with Crippen LogP contribution in [0.2, 0.25) is 0 Å². The number of nitrogens with zero attached hydrogens (tertiary/aromatic N) is 1. The molecule has 5 heteroatoms. The molecule has 2 heterocycles. The fourth-order valence-electron chi connectivity index (χ4n) is 1.84. The number of aryl methyl sites for hydroxylation is 1. The van der Waals surface area contributed by atoms with Gasteiger partial charge in [-0.05, 0) is 37.3 Å². The van der Waals surface area contributed by atoms with Crippen LogP contribution in [0.25, 0.3) is 0 Å². The van der Waals surface area contributed by atoms with Crippen molar-refractivity contribution in [2.24, 2.45) is 0 Å². The van der Waals surface area contributed by atoms with Crippen LogP contribution in [0.5, 0.6) is 11.5 Å². The Kier molecular flexibility index (Phi) is 2.79. The fraction of sp³-hybridized carbons (Fsp3) is 0.143. The van der Waals surface area contributed by atoms with Crippen LogP contribution in [0, 0.1) is 6.92 Å². The molecule has 0 spiro atoms. The minimum absolute atomic E-state index is 0.194. The summed E-state index contributed by atoms with van der Waals surface area (Å²) in [6.45, 7) is 2.07. The van der Waals surface area contributed by atoms with Crippen LogP contribution in [0.15, 0.2) is 36.4 Å². The van der Waals surface area contributed by atoms with Gasteiger partial charge < -0.3 is 14.8 Å². The number of carbonyl (C=O) groups excluding carboxylic acids is 1. The Morgan fingerprint density at radius 1 is 1.21 bits per heavy atom. The summed E-state index contributed by atoms with van der Waals surface area (Å²) in [5.74, 6) is 1.55. The lowest BCUT2D eigenvalue weighted by molar-refractivity contribution is 0.102. The first-order valence-electron chi connectivity index (χ1n) is 5.87. The Labute approximate surface area is 110 Å². The fourth-order valence-corrected chi connectivity index (χ4v) is 1.84. The summed E-state index contributed by atoms with van der Waals surface area (Å²) < 4.78 is 10.4. The Hall–Kier alpha value is -2.56.